The van der Waals surface area contributed by atoms with Crippen LogP contribution < -0.4 is 0 Å². The molecule has 0 aliphatic carbocycles. The third-order valence-electron chi connectivity index (χ3n) is 3.70. The molecule has 0 spiro atoms. The zero-order chi connectivity index (χ0) is 18.6. The fourth-order valence-corrected chi connectivity index (χ4v) is 2.46. The Kier molecular flexibility index (Phi) is 5.36. The summed E-state index contributed by atoms with van der Waals surface area (Å²) in [6, 6.07) is 8.18. The highest BCUT2D eigenvalue weighted by Crippen LogP contribution is 2.34. The van der Waals surface area contributed by atoms with Crippen molar-refractivity contribution in [2.24, 2.45) is 4.99 Å². The highest BCUT2D eigenvalue weighted by Gasteiger charge is 2.49. The van der Waals surface area contributed by atoms with Crippen molar-refractivity contribution in [3.63, 3.8) is 0 Å². The van der Waals surface area contributed by atoms with Gasteiger partial charge >= 0.3 is 11.9 Å². The van der Waals surface area contributed by atoms with Crippen molar-refractivity contribution < 1.29 is 29.0 Å². The van der Waals surface area contributed by atoms with Crippen LogP contribution in [0.25, 0.3) is 0 Å². The van der Waals surface area contributed by atoms with Crippen molar-refractivity contribution in [1.29, 1.82) is 0 Å². The number of carbonyl (C=O) groups excluding carboxylic acids is 3. The number of benzene rings is 1. The minimum Gasteiger partial charge on any atom is -0.508 e. The second-order valence-electron chi connectivity index (χ2n) is 5.39. The first-order valence-electron chi connectivity index (χ1n) is 7.84. The molecule has 0 fully saturated rings. The van der Waals surface area contributed by atoms with Gasteiger partial charge in [-0.05, 0) is 20.8 Å². The van der Waals surface area contributed by atoms with E-state index in [2.05, 4.69) is 4.99 Å². The van der Waals surface area contributed by atoms with Crippen molar-refractivity contribution in [2.75, 3.05) is 13.2 Å². The monoisotopic (exact) mass is 345 g/mol. The Balaban J connectivity index is 2.55. The van der Waals surface area contributed by atoms with Crippen LogP contribution in [0.15, 0.2) is 46.7 Å². The van der Waals surface area contributed by atoms with Crippen LogP contribution in [0.4, 0.5) is 0 Å². The summed E-state index contributed by atoms with van der Waals surface area (Å²) in [6.07, 6.45) is 0. The van der Waals surface area contributed by atoms with Gasteiger partial charge < -0.3 is 14.6 Å². The maximum Gasteiger partial charge on any atom is 0.357 e. The van der Waals surface area contributed by atoms with Crippen molar-refractivity contribution in [1.82, 2.24) is 0 Å². The van der Waals surface area contributed by atoms with Gasteiger partial charge in [0.25, 0.3) is 0 Å². The van der Waals surface area contributed by atoms with Gasteiger partial charge in [0.05, 0.1) is 13.2 Å². The lowest BCUT2D eigenvalue weighted by molar-refractivity contribution is -0.139. The Hall–Kier alpha value is -2.96. The summed E-state index contributed by atoms with van der Waals surface area (Å²) in [5.41, 5.74) is -2.36. The molecule has 1 aromatic carbocycles. The number of ketones is 1. The Bertz CT molecular complexity index is 765. The highest BCUT2D eigenvalue weighted by atomic mass is 16.5. The third-order valence-corrected chi connectivity index (χ3v) is 3.70. The van der Waals surface area contributed by atoms with E-state index in [0.29, 0.717) is 0 Å². The average Bonchev–Trinajstić information content (AvgIpc) is 2.88. The summed E-state index contributed by atoms with van der Waals surface area (Å²) in [5.74, 6) is -3.01. The predicted molar refractivity (Wildman–Crippen MR) is 89.5 cm³/mol. The lowest BCUT2D eigenvalue weighted by Gasteiger charge is -2.19. The quantitative estimate of drug-likeness (QED) is 0.625. The number of aliphatic imine (C=N–C) groups is 1. The molecule has 1 aliphatic rings. The molecule has 1 unspecified atom stereocenters. The zero-order valence-electron chi connectivity index (χ0n) is 14.2. The molecular formula is C18H19NO6. The van der Waals surface area contributed by atoms with E-state index in [4.69, 9.17) is 9.47 Å². The summed E-state index contributed by atoms with van der Waals surface area (Å²) in [6.45, 7) is 4.60. The number of rotatable bonds is 6. The maximum absolute atomic E-state index is 12.8. The number of aliphatic hydroxyl groups excluding tert-OH is 1. The van der Waals surface area contributed by atoms with Crippen LogP contribution in [-0.2, 0) is 19.1 Å². The van der Waals surface area contributed by atoms with Crippen molar-refractivity contribution in [2.45, 2.75) is 26.3 Å². The van der Waals surface area contributed by atoms with Crippen LogP contribution >= 0.6 is 0 Å². The van der Waals surface area contributed by atoms with Gasteiger partial charge in [0.1, 0.15) is 11.3 Å². The second kappa shape index (κ2) is 7.29. The van der Waals surface area contributed by atoms with Crippen LogP contribution in [0.1, 0.15) is 31.1 Å². The van der Waals surface area contributed by atoms with Gasteiger partial charge in [0, 0.05) is 5.56 Å². The summed E-state index contributed by atoms with van der Waals surface area (Å²) in [5, 5.41) is 10.6. The third kappa shape index (κ3) is 3.31. The van der Waals surface area contributed by atoms with Crippen molar-refractivity contribution >= 4 is 23.4 Å². The molecule has 1 heterocycles. The molecule has 0 bridgehead atoms. The molecule has 7 heteroatoms. The minimum absolute atomic E-state index is 0.0368. The number of aliphatic hydroxyl groups is 1. The molecule has 0 saturated carbocycles. The lowest BCUT2D eigenvalue weighted by Crippen LogP contribution is -2.34. The van der Waals surface area contributed by atoms with Crippen LogP contribution in [0.5, 0.6) is 0 Å². The lowest BCUT2D eigenvalue weighted by atomic mass is 9.89. The van der Waals surface area contributed by atoms with E-state index < -0.39 is 40.3 Å². The van der Waals surface area contributed by atoms with E-state index in [1.807, 2.05) is 0 Å². The zero-order valence-corrected chi connectivity index (χ0v) is 14.2. The van der Waals surface area contributed by atoms with Gasteiger partial charge in [0.2, 0.25) is 0 Å². The predicted octanol–water partition coefficient (Wildman–Crippen LogP) is 2.02. The Morgan fingerprint density at radius 3 is 2.16 bits per heavy atom. The van der Waals surface area contributed by atoms with E-state index in [-0.39, 0.29) is 18.8 Å². The molecule has 0 amide bonds. The Labute approximate surface area is 145 Å². The molecule has 0 aromatic heterocycles. The molecular weight excluding hydrogens is 326 g/mol. The molecule has 132 valence electrons. The maximum atomic E-state index is 12.8. The second-order valence-corrected chi connectivity index (χ2v) is 5.39. The van der Waals surface area contributed by atoms with E-state index in [1.165, 1.54) is 6.92 Å². The first-order valence-corrected chi connectivity index (χ1v) is 7.84. The molecule has 25 heavy (non-hydrogen) atoms. The molecule has 7 nitrogen and oxygen atoms in total. The number of nitrogens with zero attached hydrogens (tertiary/aromatic N) is 1. The number of hydrogen-bond acceptors (Lipinski definition) is 7. The van der Waals surface area contributed by atoms with E-state index in [1.54, 1.807) is 44.2 Å². The Morgan fingerprint density at radius 2 is 1.60 bits per heavy atom. The summed E-state index contributed by atoms with van der Waals surface area (Å²) in [4.78, 5) is 41.2. The van der Waals surface area contributed by atoms with Crippen molar-refractivity contribution in [3.05, 3.63) is 47.2 Å². The number of Topliss-reactive ketones (excluding diaryl/α,β-unsaturated/α-hetero) is 1. The van der Waals surface area contributed by atoms with Gasteiger partial charge in [-0.1, -0.05) is 30.3 Å². The molecule has 1 atom stereocenters. The van der Waals surface area contributed by atoms with Gasteiger partial charge in [-0.3, -0.25) is 9.79 Å². The van der Waals surface area contributed by atoms with Gasteiger partial charge in [-0.25, -0.2) is 9.59 Å². The molecule has 0 saturated heterocycles. The topological polar surface area (TPSA) is 102 Å². The average molecular weight is 345 g/mol. The number of esters is 2. The van der Waals surface area contributed by atoms with Crippen LogP contribution in [0.2, 0.25) is 0 Å². The molecule has 1 aromatic rings. The molecule has 1 N–H and O–H groups in total. The van der Waals surface area contributed by atoms with E-state index in [0.717, 1.165) is 0 Å². The fourth-order valence-electron chi connectivity index (χ4n) is 2.46. The summed E-state index contributed by atoms with van der Waals surface area (Å²) >= 11 is 0. The van der Waals surface area contributed by atoms with Gasteiger partial charge in [0.15, 0.2) is 17.0 Å². The molecule has 1 aliphatic heterocycles. The fraction of sp³-hybridized carbons (Fsp3) is 0.333. The first kappa shape index (κ1) is 18.4. The molecule has 2 rings (SSSR count). The first-order chi connectivity index (χ1) is 11.9. The Morgan fingerprint density at radius 1 is 1.04 bits per heavy atom. The number of ether oxygens (including phenoxy) is 2. The smallest absolute Gasteiger partial charge is 0.357 e. The molecule has 0 radical (unpaired) electrons. The van der Waals surface area contributed by atoms with Crippen LogP contribution in [-0.4, -0.2) is 47.3 Å². The van der Waals surface area contributed by atoms with E-state index in [9.17, 15) is 19.5 Å². The highest BCUT2D eigenvalue weighted by molar-refractivity contribution is 6.50. The van der Waals surface area contributed by atoms with Gasteiger partial charge in [-0.2, -0.15) is 0 Å². The minimum atomic E-state index is -1.80. The standard InChI is InChI=1S/C18H19NO6/c1-4-24-16(22)12-13(17(23)25-5-2)19-18(3,15(12)21)14(20)11-9-7-6-8-10-11/h6-10,21H,4-5H2,1-3H3. The normalized spacial score (nSPS) is 19.4. The number of carbonyl (C=O) groups is 3. The number of hydrogen-bond donors (Lipinski definition) is 1. The van der Waals surface area contributed by atoms with Gasteiger partial charge in [-0.15, -0.1) is 0 Å². The van der Waals surface area contributed by atoms with Crippen molar-refractivity contribution in [3.8, 4) is 0 Å². The van der Waals surface area contributed by atoms with Crippen LogP contribution in [0, 0.1) is 0 Å². The summed E-state index contributed by atoms with van der Waals surface area (Å²) < 4.78 is 9.75. The van der Waals surface area contributed by atoms with E-state index >= 15 is 0 Å². The van der Waals surface area contributed by atoms with Crippen LogP contribution in [0.3, 0.4) is 0 Å². The SMILES string of the molecule is CCOC(=O)C1=NC(C)(C(=O)c2ccccc2)C(O)=C1C(=O)OCC. The summed E-state index contributed by atoms with van der Waals surface area (Å²) in [7, 11) is 0. The largest absolute Gasteiger partial charge is 0.508 e.